The first-order valence-corrected chi connectivity index (χ1v) is 9.93. The zero-order valence-corrected chi connectivity index (χ0v) is 16.9. The zero-order chi connectivity index (χ0) is 20.8. The number of carbonyl (C=O) groups is 1. The minimum absolute atomic E-state index is 0.311. The number of halogens is 1. The first-order chi connectivity index (χ1) is 14.7. The molecular formula is C24H20ClN3O2. The van der Waals surface area contributed by atoms with Gasteiger partial charge in [0.1, 0.15) is 12.4 Å². The van der Waals surface area contributed by atoms with E-state index in [0.717, 1.165) is 22.2 Å². The van der Waals surface area contributed by atoms with Crippen molar-refractivity contribution in [3.05, 3.63) is 101 Å². The van der Waals surface area contributed by atoms with Gasteiger partial charge in [-0.3, -0.25) is 4.79 Å². The molecule has 0 aliphatic heterocycles. The van der Waals surface area contributed by atoms with Crippen LogP contribution in [-0.4, -0.2) is 23.3 Å². The summed E-state index contributed by atoms with van der Waals surface area (Å²) >= 11 is 5.94. The molecule has 0 atom stereocenters. The first-order valence-electron chi connectivity index (χ1n) is 9.55. The van der Waals surface area contributed by atoms with E-state index in [1.807, 2.05) is 54.7 Å². The van der Waals surface area contributed by atoms with Gasteiger partial charge in [0.15, 0.2) is 0 Å². The fourth-order valence-electron chi connectivity index (χ4n) is 3.20. The standard InChI is InChI=1S/C24H20ClN3O2/c25-20-8-6-7-18(15-20)24(29)27-26-16-19-17-28(23-12-5-4-11-22(19)23)13-14-30-21-9-2-1-3-10-21/h1-12,15-17H,13-14H2,(H,27,29). The summed E-state index contributed by atoms with van der Waals surface area (Å²) in [5, 5.41) is 5.69. The van der Waals surface area contributed by atoms with Crippen LogP contribution in [0.25, 0.3) is 10.9 Å². The number of fused-ring (bicyclic) bond motifs is 1. The third-order valence-corrected chi connectivity index (χ3v) is 4.86. The summed E-state index contributed by atoms with van der Waals surface area (Å²) < 4.78 is 7.94. The maximum Gasteiger partial charge on any atom is 0.271 e. The highest BCUT2D eigenvalue weighted by Gasteiger charge is 2.08. The molecule has 0 aliphatic rings. The Hall–Kier alpha value is -3.57. The van der Waals surface area contributed by atoms with Crippen molar-refractivity contribution >= 4 is 34.6 Å². The van der Waals surface area contributed by atoms with E-state index in [-0.39, 0.29) is 5.91 Å². The molecule has 1 aromatic heterocycles. The predicted octanol–water partition coefficient (Wildman–Crippen LogP) is 5.14. The molecule has 0 unspecified atom stereocenters. The molecule has 1 N–H and O–H groups in total. The highest BCUT2D eigenvalue weighted by Crippen LogP contribution is 2.20. The molecule has 1 heterocycles. The minimum Gasteiger partial charge on any atom is -0.492 e. The fraction of sp³-hybridized carbons (Fsp3) is 0.0833. The summed E-state index contributed by atoms with van der Waals surface area (Å²) in [5.41, 5.74) is 5.00. The number of carbonyl (C=O) groups excluding carboxylic acids is 1. The van der Waals surface area contributed by atoms with Gasteiger partial charge >= 0.3 is 0 Å². The van der Waals surface area contributed by atoms with Gasteiger partial charge in [-0.15, -0.1) is 0 Å². The first kappa shape index (κ1) is 19.7. The van der Waals surface area contributed by atoms with Crippen LogP contribution in [0.4, 0.5) is 0 Å². The van der Waals surface area contributed by atoms with Crippen LogP contribution in [0.15, 0.2) is 90.2 Å². The molecule has 150 valence electrons. The summed E-state index contributed by atoms with van der Waals surface area (Å²) in [6, 6.07) is 24.5. The molecule has 0 fully saturated rings. The molecule has 0 aliphatic carbocycles. The normalized spacial score (nSPS) is 11.1. The number of rotatable bonds is 7. The minimum atomic E-state index is -0.311. The Kier molecular flexibility index (Phi) is 6.11. The number of hydrogen-bond acceptors (Lipinski definition) is 3. The molecule has 4 rings (SSSR count). The molecule has 5 nitrogen and oxygen atoms in total. The third-order valence-electron chi connectivity index (χ3n) is 4.62. The van der Waals surface area contributed by atoms with Crippen LogP contribution in [0, 0.1) is 0 Å². The van der Waals surface area contributed by atoms with Crippen LogP contribution in [0.1, 0.15) is 15.9 Å². The Balaban J connectivity index is 1.46. The van der Waals surface area contributed by atoms with Crippen molar-refractivity contribution in [3.63, 3.8) is 0 Å². The Morgan fingerprint density at radius 2 is 1.83 bits per heavy atom. The lowest BCUT2D eigenvalue weighted by atomic mass is 10.2. The maximum atomic E-state index is 12.2. The van der Waals surface area contributed by atoms with Gasteiger partial charge in [-0.2, -0.15) is 5.10 Å². The number of amides is 1. The molecule has 0 bridgehead atoms. The van der Waals surface area contributed by atoms with Crippen molar-refractivity contribution in [2.24, 2.45) is 5.10 Å². The van der Waals surface area contributed by atoms with Gasteiger partial charge in [-0.25, -0.2) is 5.43 Å². The van der Waals surface area contributed by atoms with E-state index in [4.69, 9.17) is 16.3 Å². The zero-order valence-electron chi connectivity index (χ0n) is 16.2. The fourth-order valence-corrected chi connectivity index (χ4v) is 3.39. The molecule has 1 amide bonds. The highest BCUT2D eigenvalue weighted by molar-refractivity contribution is 6.30. The van der Waals surface area contributed by atoms with Gasteiger partial charge in [0.25, 0.3) is 5.91 Å². The number of ether oxygens (including phenoxy) is 1. The van der Waals surface area contributed by atoms with E-state index < -0.39 is 0 Å². The summed E-state index contributed by atoms with van der Waals surface area (Å²) in [5.74, 6) is 0.535. The van der Waals surface area contributed by atoms with Crippen molar-refractivity contribution in [1.29, 1.82) is 0 Å². The second-order valence-corrected chi connectivity index (χ2v) is 7.10. The van der Waals surface area contributed by atoms with Crippen LogP contribution >= 0.6 is 11.6 Å². The smallest absolute Gasteiger partial charge is 0.271 e. The number of nitrogens with one attached hydrogen (secondary N) is 1. The Morgan fingerprint density at radius 3 is 2.67 bits per heavy atom. The molecular weight excluding hydrogens is 398 g/mol. The SMILES string of the molecule is O=C(NN=Cc1cn(CCOc2ccccc2)c2ccccc12)c1cccc(Cl)c1. The van der Waals surface area contributed by atoms with Gasteiger partial charge in [0, 0.05) is 33.2 Å². The lowest BCUT2D eigenvalue weighted by Crippen LogP contribution is -2.17. The van der Waals surface area contributed by atoms with Crippen molar-refractivity contribution in [2.45, 2.75) is 6.54 Å². The third kappa shape index (κ3) is 4.70. The quantitative estimate of drug-likeness (QED) is 0.334. The number of hydrazone groups is 1. The van der Waals surface area contributed by atoms with E-state index >= 15 is 0 Å². The second kappa shape index (κ2) is 9.29. The van der Waals surface area contributed by atoms with E-state index in [1.165, 1.54) is 0 Å². The largest absolute Gasteiger partial charge is 0.492 e. The Labute approximate surface area is 179 Å². The maximum absolute atomic E-state index is 12.2. The summed E-state index contributed by atoms with van der Waals surface area (Å²) in [7, 11) is 0. The molecule has 3 aromatic carbocycles. The van der Waals surface area contributed by atoms with Gasteiger partial charge < -0.3 is 9.30 Å². The molecule has 0 spiro atoms. The molecule has 0 radical (unpaired) electrons. The summed E-state index contributed by atoms with van der Waals surface area (Å²) in [4.78, 5) is 12.2. The topological polar surface area (TPSA) is 55.6 Å². The Bertz CT molecular complexity index is 1190. The van der Waals surface area contributed by atoms with Crippen molar-refractivity contribution in [3.8, 4) is 5.75 Å². The second-order valence-electron chi connectivity index (χ2n) is 6.67. The van der Waals surface area contributed by atoms with Gasteiger partial charge in [-0.1, -0.05) is 54.1 Å². The number of aromatic nitrogens is 1. The summed E-state index contributed by atoms with van der Waals surface area (Å²) in [6.07, 6.45) is 3.66. The Morgan fingerprint density at radius 1 is 1.03 bits per heavy atom. The van der Waals surface area contributed by atoms with Gasteiger partial charge in [0.2, 0.25) is 0 Å². The van der Waals surface area contributed by atoms with Crippen LogP contribution in [0.5, 0.6) is 5.75 Å². The van der Waals surface area contributed by atoms with Crippen molar-refractivity contribution < 1.29 is 9.53 Å². The predicted molar refractivity (Wildman–Crippen MR) is 120 cm³/mol. The van der Waals surface area contributed by atoms with E-state index in [9.17, 15) is 4.79 Å². The van der Waals surface area contributed by atoms with Crippen LogP contribution in [0.3, 0.4) is 0 Å². The van der Waals surface area contributed by atoms with Gasteiger partial charge in [0.05, 0.1) is 12.8 Å². The van der Waals surface area contributed by atoms with E-state index in [0.29, 0.717) is 23.7 Å². The molecule has 30 heavy (non-hydrogen) atoms. The lowest BCUT2D eigenvalue weighted by Gasteiger charge is -2.08. The van der Waals surface area contributed by atoms with Crippen LogP contribution < -0.4 is 10.2 Å². The average Bonchev–Trinajstić information content (AvgIpc) is 3.12. The molecule has 0 saturated heterocycles. The molecule has 4 aromatic rings. The van der Waals surface area contributed by atoms with Crippen LogP contribution in [-0.2, 0) is 6.54 Å². The lowest BCUT2D eigenvalue weighted by molar-refractivity contribution is 0.0955. The number of para-hydroxylation sites is 2. The molecule has 6 heteroatoms. The van der Waals surface area contributed by atoms with Crippen molar-refractivity contribution in [1.82, 2.24) is 9.99 Å². The van der Waals surface area contributed by atoms with Crippen molar-refractivity contribution in [2.75, 3.05) is 6.61 Å². The summed E-state index contributed by atoms with van der Waals surface area (Å²) in [6.45, 7) is 1.24. The highest BCUT2D eigenvalue weighted by atomic mass is 35.5. The number of nitrogens with zero attached hydrogens (tertiary/aromatic N) is 2. The van der Waals surface area contributed by atoms with Crippen LogP contribution in [0.2, 0.25) is 5.02 Å². The number of benzene rings is 3. The van der Waals surface area contributed by atoms with E-state index in [1.54, 1.807) is 30.5 Å². The average molecular weight is 418 g/mol. The monoisotopic (exact) mass is 417 g/mol. The molecule has 0 saturated carbocycles. The van der Waals surface area contributed by atoms with Gasteiger partial charge in [-0.05, 0) is 36.4 Å². The van der Waals surface area contributed by atoms with E-state index in [2.05, 4.69) is 21.2 Å². The number of hydrogen-bond donors (Lipinski definition) is 1.